The first-order valence-electron chi connectivity index (χ1n) is 5.46. The van der Waals surface area contributed by atoms with Gasteiger partial charge in [-0.15, -0.1) is 0 Å². The summed E-state index contributed by atoms with van der Waals surface area (Å²) in [4.78, 5) is 21.1. The average Bonchev–Trinajstić information content (AvgIpc) is 2.43. The van der Waals surface area contributed by atoms with Crippen LogP contribution < -0.4 is 4.74 Å². The molecule has 0 heterocycles. The highest BCUT2D eigenvalue weighted by Gasteiger charge is 2.16. The summed E-state index contributed by atoms with van der Waals surface area (Å²) in [5, 5.41) is 19.5. The van der Waals surface area contributed by atoms with Crippen molar-refractivity contribution in [2.45, 2.75) is 12.8 Å². The summed E-state index contributed by atoms with van der Waals surface area (Å²) in [6.45, 7) is 0.155. The smallest absolute Gasteiger partial charge is 0.312 e. The fourth-order valence-corrected chi connectivity index (χ4v) is 1.35. The lowest BCUT2D eigenvalue weighted by Gasteiger charge is -2.06. The molecule has 0 bridgehead atoms. The van der Waals surface area contributed by atoms with Gasteiger partial charge in [0.25, 0.3) is 0 Å². The minimum absolute atomic E-state index is 0.0777. The molecule has 0 N–H and O–H groups in total. The monoisotopic (exact) mass is 264 g/mol. The number of carbonyl (C=O) groups excluding carboxylic acids is 1. The van der Waals surface area contributed by atoms with Crippen LogP contribution in [-0.2, 0) is 9.53 Å². The molecular formula is C12H12N2O5. The Morgan fingerprint density at radius 1 is 1.53 bits per heavy atom. The fourth-order valence-electron chi connectivity index (χ4n) is 1.35. The Balaban J connectivity index is 2.65. The van der Waals surface area contributed by atoms with E-state index in [1.807, 2.05) is 6.07 Å². The maximum absolute atomic E-state index is 10.9. The molecule has 0 atom stereocenters. The van der Waals surface area contributed by atoms with Gasteiger partial charge in [0.15, 0.2) is 5.75 Å². The molecule has 1 rings (SSSR count). The molecular weight excluding hydrogens is 252 g/mol. The van der Waals surface area contributed by atoms with Crippen LogP contribution in [0.4, 0.5) is 5.69 Å². The van der Waals surface area contributed by atoms with Gasteiger partial charge in [-0.3, -0.25) is 14.9 Å². The van der Waals surface area contributed by atoms with Crippen molar-refractivity contribution in [3.8, 4) is 11.8 Å². The zero-order chi connectivity index (χ0) is 14.3. The van der Waals surface area contributed by atoms with Crippen LogP contribution in [0, 0.1) is 21.4 Å². The Kier molecular flexibility index (Phi) is 5.29. The third-order valence-electron chi connectivity index (χ3n) is 2.30. The van der Waals surface area contributed by atoms with Crippen LogP contribution in [0.3, 0.4) is 0 Å². The first-order valence-corrected chi connectivity index (χ1v) is 5.46. The van der Waals surface area contributed by atoms with E-state index in [2.05, 4.69) is 4.74 Å². The predicted molar refractivity (Wildman–Crippen MR) is 64.6 cm³/mol. The second-order valence-electron chi connectivity index (χ2n) is 3.58. The van der Waals surface area contributed by atoms with Crippen LogP contribution in [-0.4, -0.2) is 24.6 Å². The molecule has 19 heavy (non-hydrogen) atoms. The summed E-state index contributed by atoms with van der Waals surface area (Å²) in [7, 11) is 1.29. The Bertz CT molecular complexity index is 521. The highest BCUT2D eigenvalue weighted by molar-refractivity contribution is 5.69. The molecule has 0 fully saturated rings. The predicted octanol–water partition coefficient (Wildman–Crippen LogP) is 1.80. The van der Waals surface area contributed by atoms with E-state index in [4.69, 9.17) is 10.00 Å². The Hall–Kier alpha value is -2.62. The number of nitro benzene ring substituents is 1. The van der Waals surface area contributed by atoms with Gasteiger partial charge in [0, 0.05) is 12.5 Å². The Morgan fingerprint density at radius 2 is 2.26 bits per heavy atom. The summed E-state index contributed by atoms with van der Waals surface area (Å²) in [5.74, 6) is -0.285. The topological polar surface area (TPSA) is 102 Å². The lowest BCUT2D eigenvalue weighted by molar-refractivity contribution is -0.385. The Morgan fingerprint density at radius 3 is 2.84 bits per heavy atom. The number of hydrogen-bond acceptors (Lipinski definition) is 6. The van der Waals surface area contributed by atoms with E-state index in [-0.39, 0.29) is 36.0 Å². The summed E-state index contributed by atoms with van der Waals surface area (Å²) in [5.41, 5.74) is -0.0780. The zero-order valence-electron chi connectivity index (χ0n) is 10.3. The molecule has 1 aromatic carbocycles. The average molecular weight is 264 g/mol. The molecule has 0 saturated heterocycles. The number of rotatable bonds is 6. The van der Waals surface area contributed by atoms with Crippen LogP contribution in [0.25, 0.3) is 0 Å². The molecule has 0 aliphatic rings. The SMILES string of the molecule is COC(=O)CCCOc1ccc(C#N)cc1[N+](=O)[O-]. The van der Waals surface area contributed by atoms with Gasteiger partial charge >= 0.3 is 11.7 Å². The molecule has 0 saturated carbocycles. The quantitative estimate of drug-likeness (QED) is 0.336. The maximum atomic E-state index is 10.9. The van der Waals surface area contributed by atoms with Crippen molar-refractivity contribution in [1.29, 1.82) is 5.26 Å². The molecule has 7 heteroatoms. The third kappa shape index (κ3) is 4.27. The largest absolute Gasteiger partial charge is 0.487 e. The van der Waals surface area contributed by atoms with E-state index in [9.17, 15) is 14.9 Å². The van der Waals surface area contributed by atoms with Crippen molar-refractivity contribution in [2.75, 3.05) is 13.7 Å². The van der Waals surface area contributed by atoms with Crippen molar-refractivity contribution in [2.24, 2.45) is 0 Å². The van der Waals surface area contributed by atoms with Crippen LogP contribution in [0.2, 0.25) is 0 Å². The van der Waals surface area contributed by atoms with Crippen LogP contribution in [0.5, 0.6) is 5.75 Å². The summed E-state index contributed by atoms with van der Waals surface area (Å²) >= 11 is 0. The van der Waals surface area contributed by atoms with Crippen LogP contribution in [0.15, 0.2) is 18.2 Å². The second-order valence-corrected chi connectivity index (χ2v) is 3.58. The van der Waals surface area contributed by atoms with Gasteiger partial charge in [0.05, 0.1) is 30.3 Å². The van der Waals surface area contributed by atoms with Gasteiger partial charge < -0.3 is 9.47 Å². The molecule has 0 radical (unpaired) electrons. The lowest BCUT2D eigenvalue weighted by atomic mass is 10.2. The number of nitrogens with zero attached hydrogens (tertiary/aromatic N) is 2. The van der Waals surface area contributed by atoms with E-state index in [1.165, 1.54) is 19.2 Å². The van der Waals surface area contributed by atoms with Crippen molar-refractivity contribution in [1.82, 2.24) is 0 Å². The number of hydrogen-bond donors (Lipinski definition) is 0. The number of ether oxygens (including phenoxy) is 2. The molecule has 0 aliphatic heterocycles. The van der Waals surface area contributed by atoms with E-state index in [0.717, 1.165) is 6.07 Å². The fraction of sp³-hybridized carbons (Fsp3) is 0.333. The molecule has 7 nitrogen and oxygen atoms in total. The highest BCUT2D eigenvalue weighted by Crippen LogP contribution is 2.27. The van der Waals surface area contributed by atoms with Gasteiger partial charge in [0.1, 0.15) is 0 Å². The minimum Gasteiger partial charge on any atom is -0.487 e. The van der Waals surface area contributed by atoms with Crippen LogP contribution >= 0.6 is 0 Å². The van der Waals surface area contributed by atoms with Crippen LogP contribution in [0.1, 0.15) is 18.4 Å². The molecule has 0 aromatic heterocycles. The summed E-state index contributed by atoms with van der Waals surface area (Å²) in [6, 6.07) is 5.77. The van der Waals surface area contributed by atoms with Gasteiger partial charge in [0.2, 0.25) is 0 Å². The standard InChI is InChI=1S/C12H12N2O5/c1-18-12(15)3-2-6-19-11-5-4-9(8-13)7-10(11)14(16)17/h4-5,7H,2-3,6H2,1H3. The second kappa shape index (κ2) is 6.96. The van der Waals surface area contributed by atoms with E-state index < -0.39 is 4.92 Å². The molecule has 100 valence electrons. The van der Waals surface area contributed by atoms with E-state index in [0.29, 0.717) is 6.42 Å². The number of methoxy groups -OCH3 is 1. The van der Waals surface area contributed by atoms with Gasteiger partial charge in [-0.1, -0.05) is 0 Å². The maximum Gasteiger partial charge on any atom is 0.312 e. The van der Waals surface area contributed by atoms with Gasteiger partial charge in [-0.2, -0.15) is 5.26 Å². The van der Waals surface area contributed by atoms with Crippen molar-refractivity contribution in [3.63, 3.8) is 0 Å². The summed E-state index contributed by atoms with van der Waals surface area (Å²) < 4.78 is 9.69. The van der Waals surface area contributed by atoms with E-state index in [1.54, 1.807) is 0 Å². The number of nitro groups is 1. The molecule has 0 spiro atoms. The number of carbonyl (C=O) groups is 1. The van der Waals surface area contributed by atoms with Crippen molar-refractivity contribution in [3.05, 3.63) is 33.9 Å². The van der Waals surface area contributed by atoms with Gasteiger partial charge in [-0.05, 0) is 18.6 Å². The van der Waals surface area contributed by atoms with E-state index >= 15 is 0 Å². The van der Waals surface area contributed by atoms with Gasteiger partial charge in [-0.25, -0.2) is 0 Å². The summed E-state index contributed by atoms with van der Waals surface area (Å²) in [6.07, 6.45) is 0.574. The minimum atomic E-state index is -0.615. The molecule has 0 aliphatic carbocycles. The number of nitriles is 1. The lowest BCUT2D eigenvalue weighted by Crippen LogP contribution is -2.05. The first kappa shape index (κ1) is 14.4. The highest BCUT2D eigenvalue weighted by atomic mass is 16.6. The van der Waals surface area contributed by atoms with Crippen molar-refractivity contribution < 1.29 is 19.2 Å². The Labute approximate surface area is 109 Å². The zero-order valence-corrected chi connectivity index (χ0v) is 10.3. The molecule has 0 unspecified atom stereocenters. The third-order valence-corrected chi connectivity index (χ3v) is 2.30. The molecule has 0 amide bonds. The number of benzene rings is 1. The normalized spacial score (nSPS) is 9.47. The molecule has 1 aromatic rings. The first-order chi connectivity index (χ1) is 9.08. The number of esters is 1. The van der Waals surface area contributed by atoms with Crippen molar-refractivity contribution >= 4 is 11.7 Å².